The SMILES string of the molecule is Cc1ccc(OCc2nc(C)c(C(=O)NC3CCCCCCC3)s2)cc1. The van der Waals surface area contributed by atoms with Crippen molar-refractivity contribution in [1.82, 2.24) is 10.3 Å². The number of hydrogen-bond acceptors (Lipinski definition) is 4. The molecule has 26 heavy (non-hydrogen) atoms. The van der Waals surface area contributed by atoms with Gasteiger partial charge in [0.25, 0.3) is 5.91 Å². The summed E-state index contributed by atoms with van der Waals surface area (Å²) in [5.74, 6) is 0.844. The van der Waals surface area contributed by atoms with Crippen molar-refractivity contribution >= 4 is 17.2 Å². The average molecular weight is 373 g/mol. The topological polar surface area (TPSA) is 51.2 Å². The van der Waals surface area contributed by atoms with Gasteiger partial charge in [-0.15, -0.1) is 11.3 Å². The Morgan fingerprint density at radius 1 is 1.12 bits per heavy atom. The van der Waals surface area contributed by atoms with E-state index in [1.165, 1.54) is 49.0 Å². The molecule has 3 rings (SSSR count). The van der Waals surface area contributed by atoms with Gasteiger partial charge in [0, 0.05) is 6.04 Å². The lowest BCUT2D eigenvalue weighted by Crippen LogP contribution is -2.35. The maximum atomic E-state index is 12.7. The van der Waals surface area contributed by atoms with E-state index in [1.807, 2.05) is 31.2 Å². The molecule has 0 bridgehead atoms. The van der Waals surface area contributed by atoms with Crippen LogP contribution in [0.15, 0.2) is 24.3 Å². The quantitative estimate of drug-likeness (QED) is 0.786. The molecule has 2 aromatic rings. The smallest absolute Gasteiger partial charge is 0.263 e. The third-order valence-corrected chi connectivity index (χ3v) is 6.00. The summed E-state index contributed by atoms with van der Waals surface area (Å²) in [5.41, 5.74) is 2.00. The Morgan fingerprint density at radius 2 is 1.77 bits per heavy atom. The third kappa shape index (κ3) is 5.31. The van der Waals surface area contributed by atoms with Gasteiger partial charge < -0.3 is 10.1 Å². The largest absolute Gasteiger partial charge is 0.486 e. The first-order chi connectivity index (χ1) is 12.6. The van der Waals surface area contributed by atoms with Crippen molar-refractivity contribution in [2.75, 3.05) is 0 Å². The minimum atomic E-state index is 0.0205. The maximum absolute atomic E-state index is 12.7. The van der Waals surface area contributed by atoms with Crippen LogP contribution in [0.2, 0.25) is 0 Å². The zero-order chi connectivity index (χ0) is 18.4. The van der Waals surface area contributed by atoms with Crippen LogP contribution in [0, 0.1) is 13.8 Å². The van der Waals surface area contributed by atoms with Gasteiger partial charge >= 0.3 is 0 Å². The predicted molar refractivity (Wildman–Crippen MR) is 106 cm³/mol. The summed E-state index contributed by atoms with van der Waals surface area (Å²) in [4.78, 5) is 17.9. The number of carbonyl (C=O) groups excluding carboxylic acids is 1. The molecule has 1 aromatic heterocycles. The van der Waals surface area contributed by atoms with Crippen molar-refractivity contribution in [3.63, 3.8) is 0 Å². The van der Waals surface area contributed by atoms with Crippen molar-refractivity contribution < 1.29 is 9.53 Å². The molecule has 0 unspecified atom stereocenters. The van der Waals surface area contributed by atoms with Crippen molar-refractivity contribution in [2.45, 2.75) is 71.4 Å². The van der Waals surface area contributed by atoms with Crippen LogP contribution < -0.4 is 10.1 Å². The summed E-state index contributed by atoms with van der Waals surface area (Å²) in [6.45, 7) is 4.35. The van der Waals surface area contributed by atoms with Gasteiger partial charge in [0.05, 0.1) is 5.69 Å². The number of benzene rings is 1. The van der Waals surface area contributed by atoms with Crippen LogP contribution in [-0.4, -0.2) is 16.9 Å². The van der Waals surface area contributed by atoms with Gasteiger partial charge in [-0.1, -0.05) is 49.8 Å². The van der Waals surface area contributed by atoms with Gasteiger partial charge in [-0.25, -0.2) is 4.98 Å². The highest BCUT2D eigenvalue weighted by atomic mass is 32.1. The molecular weight excluding hydrogens is 344 g/mol. The van der Waals surface area contributed by atoms with E-state index in [2.05, 4.69) is 17.2 Å². The molecule has 0 atom stereocenters. The van der Waals surface area contributed by atoms with E-state index in [4.69, 9.17) is 4.74 Å². The Kier molecular flexibility index (Phi) is 6.67. The fourth-order valence-electron chi connectivity index (χ4n) is 3.36. The van der Waals surface area contributed by atoms with Crippen molar-refractivity contribution in [2.24, 2.45) is 0 Å². The number of ether oxygens (including phenoxy) is 1. The van der Waals surface area contributed by atoms with E-state index in [0.717, 1.165) is 34.2 Å². The van der Waals surface area contributed by atoms with Crippen LogP contribution in [0.4, 0.5) is 0 Å². The zero-order valence-corrected chi connectivity index (χ0v) is 16.5. The summed E-state index contributed by atoms with van der Waals surface area (Å²) in [6, 6.07) is 8.26. The molecule has 1 saturated carbocycles. The number of thiazole rings is 1. The highest BCUT2D eigenvalue weighted by molar-refractivity contribution is 7.13. The van der Waals surface area contributed by atoms with E-state index in [0.29, 0.717) is 12.6 Å². The lowest BCUT2D eigenvalue weighted by molar-refractivity contribution is 0.0934. The first kappa shape index (κ1) is 18.9. The number of aryl methyl sites for hydroxylation is 2. The molecule has 1 heterocycles. The van der Waals surface area contributed by atoms with Crippen molar-refractivity contribution in [3.8, 4) is 5.75 Å². The molecule has 1 N–H and O–H groups in total. The highest BCUT2D eigenvalue weighted by Crippen LogP contribution is 2.22. The van der Waals surface area contributed by atoms with Crippen LogP contribution in [-0.2, 0) is 6.61 Å². The number of rotatable bonds is 5. The molecule has 0 spiro atoms. The van der Waals surface area contributed by atoms with E-state index in [1.54, 1.807) is 0 Å². The Bertz CT molecular complexity index is 716. The first-order valence-corrected chi connectivity index (χ1v) is 10.4. The average Bonchev–Trinajstić information content (AvgIpc) is 2.97. The van der Waals surface area contributed by atoms with Gasteiger partial charge in [0.1, 0.15) is 22.2 Å². The standard InChI is InChI=1S/C21H28N2O2S/c1-15-10-12-18(13-11-15)25-14-19-22-16(2)20(26-19)21(24)23-17-8-6-4-3-5-7-9-17/h10-13,17H,3-9,14H2,1-2H3,(H,23,24). The Balaban J connectivity index is 1.57. The van der Waals surface area contributed by atoms with Gasteiger partial charge in [0.15, 0.2) is 0 Å². The van der Waals surface area contributed by atoms with Crippen LogP contribution in [0.3, 0.4) is 0 Å². The number of hydrogen-bond donors (Lipinski definition) is 1. The number of carbonyl (C=O) groups is 1. The van der Waals surface area contributed by atoms with Crippen molar-refractivity contribution in [3.05, 3.63) is 45.4 Å². The molecular formula is C21H28N2O2S. The second-order valence-corrected chi connectivity index (χ2v) is 8.22. The van der Waals surface area contributed by atoms with Gasteiger partial charge in [0.2, 0.25) is 0 Å². The normalized spacial score (nSPS) is 15.9. The Morgan fingerprint density at radius 3 is 2.46 bits per heavy atom. The number of nitrogens with one attached hydrogen (secondary N) is 1. The highest BCUT2D eigenvalue weighted by Gasteiger charge is 2.19. The van der Waals surface area contributed by atoms with Crippen LogP contribution in [0.1, 0.15) is 70.9 Å². The van der Waals surface area contributed by atoms with Crippen LogP contribution >= 0.6 is 11.3 Å². The number of aromatic nitrogens is 1. The summed E-state index contributed by atoms with van der Waals surface area (Å²) < 4.78 is 5.79. The molecule has 1 aliphatic rings. The second-order valence-electron chi connectivity index (χ2n) is 7.14. The van der Waals surface area contributed by atoms with Gasteiger partial charge in [-0.05, 0) is 38.8 Å². The Labute approximate surface area is 160 Å². The van der Waals surface area contributed by atoms with Crippen molar-refractivity contribution in [1.29, 1.82) is 0 Å². The molecule has 1 aromatic carbocycles. The molecule has 0 aliphatic heterocycles. The maximum Gasteiger partial charge on any atom is 0.263 e. The molecule has 1 aliphatic carbocycles. The number of nitrogens with zero attached hydrogens (tertiary/aromatic N) is 1. The fraction of sp³-hybridized carbons (Fsp3) is 0.524. The molecule has 4 nitrogen and oxygen atoms in total. The lowest BCUT2D eigenvalue weighted by Gasteiger charge is -2.20. The van der Waals surface area contributed by atoms with E-state index in [9.17, 15) is 4.79 Å². The molecule has 1 fully saturated rings. The summed E-state index contributed by atoms with van der Waals surface area (Å²) in [6.07, 6.45) is 8.50. The van der Waals surface area contributed by atoms with Crippen LogP contribution in [0.25, 0.3) is 0 Å². The fourth-order valence-corrected chi connectivity index (χ4v) is 4.24. The summed E-state index contributed by atoms with van der Waals surface area (Å²) in [5, 5.41) is 4.07. The first-order valence-electron chi connectivity index (χ1n) is 9.58. The zero-order valence-electron chi connectivity index (χ0n) is 15.7. The monoisotopic (exact) mass is 372 g/mol. The van der Waals surface area contributed by atoms with E-state index < -0.39 is 0 Å². The number of amides is 1. The second kappa shape index (κ2) is 9.17. The molecule has 140 valence electrons. The Hall–Kier alpha value is -1.88. The molecule has 1 amide bonds. The molecule has 5 heteroatoms. The predicted octanol–water partition coefficient (Wildman–Crippen LogP) is 5.18. The lowest BCUT2D eigenvalue weighted by atomic mass is 9.97. The summed E-state index contributed by atoms with van der Waals surface area (Å²) >= 11 is 1.44. The van der Waals surface area contributed by atoms with E-state index in [-0.39, 0.29) is 5.91 Å². The van der Waals surface area contributed by atoms with E-state index >= 15 is 0 Å². The van der Waals surface area contributed by atoms with Gasteiger partial charge in [-0.3, -0.25) is 4.79 Å². The van der Waals surface area contributed by atoms with Gasteiger partial charge in [-0.2, -0.15) is 0 Å². The minimum absolute atomic E-state index is 0.0205. The van der Waals surface area contributed by atoms with Crippen LogP contribution in [0.5, 0.6) is 5.75 Å². The third-order valence-electron chi connectivity index (χ3n) is 4.87. The molecule has 0 saturated heterocycles. The summed E-state index contributed by atoms with van der Waals surface area (Å²) in [7, 11) is 0. The molecule has 0 radical (unpaired) electrons. The minimum Gasteiger partial charge on any atom is -0.486 e.